The predicted molar refractivity (Wildman–Crippen MR) is 79.3 cm³/mol. The fraction of sp³-hybridized carbons (Fsp3) is 0.133. The molecular formula is C15H12N2O2S. The number of hydrogen-bond acceptors (Lipinski definition) is 3. The van der Waals surface area contributed by atoms with E-state index in [1.54, 1.807) is 0 Å². The summed E-state index contributed by atoms with van der Waals surface area (Å²) in [7, 11) is 0. The molecule has 0 saturated heterocycles. The minimum atomic E-state index is 0.275. The largest absolute Gasteiger partial charge is 0.454 e. The van der Waals surface area contributed by atoms with E-state index in [4.69, 9.17) is 21.7 Å². The van der Waals surface area contributed by atoms with Crippen LogP contribution in [0.2, 0.25) is 0 Å². The van der Waals surface area contributed by atoms with Gasteiger partial charge in [0.2, 0.25) is 6.79 Å². The van der Waals surface area contributed by atoms with Gasteiger partial charge in [0.15, 0.2) is 16.3 Å². The van der Waals surface area contributed by atoms with Gasteiger partial charge in [-0.05, 0) is 49.0 Å². The number of imidazole rings is 1. The average molecular weight is 284 g/mol. The fourth-order valence-electron chi connectivity index (χ4n) is 2.49. The third-order valence-electron chi connectivity index (χ3n) is 3.45. The molecule has 100 valence electrons. The van der Waals surface area contributed by atoms with Gasteiger partial charge in [0.1, 0.15) is 0 Å². The van der Waals surface area contributed by atoms with Crippen LogP contribution in [0.3, 0.4) is 0 Å². The van der Waals surface area contributed by atoms with Gasteiger partial charge >= 0.3 is 0 Å². The molecule has 0 radical (unpaired) electrons. The number of aromatic amines is 1. The van der Waals surface area contributed by atoms with Gasteiger partial charge in [0, 0.05) is 6.07 Å². The quantitative estimate of drug-likeness (QED) is 0.692. The molecule has 1 N–H and O–H groups in total. The Morgan fingerprint density at radius 2 is 1.95 bits per heavy atom. The molecular weight excluding hydrogens is 272 g/mol. The molecule has 0 unspecified atom stereocenters. The lowest BCUT2D eigenvalue weighted by molar-refractivity contribution is 0.174. The van der Waals surface area contributed by atoms with E-state index in [0.29, 0.717) is 4.77 Å². The molecule has 1 aliphatic rings. The van der Waals surface area contributed by atoms with Crippen LogP contribution in [0.1, 0.15) is 5.56 Å². The summed E-state index contributed by atoms with van der Waals surface area (Å²) < 4.78 is 13.5. The SMILES string of the molecule is Cc1ccc2[nH]c(=S)n(-c3ccc4c(c3)OCO4)c2c1. The second-order valence-electron chi connectivity index (χ2n) is 4.82. The first-order chi connectivity index (χ1) is 9.72. The molecule has 3 aromatic rings. The van der Waals surface area contributed by atoms with E-state index in [2.05, 4.69) is 24.0 Å². The van der Waals surface area contributed by atoms with Crippen molar-refractivity contribution in [3.8, 4) is 17.2 Å². The Morgan fingerprint density at radius 1 is 1.10 bits per heavy atom. The van der Waals surface area contributed by atoms with Crippen LogP contribution in [0.15, 0.2) is 36.4 Å². The van der Waals surface area contributed by atoms with Crippen LogP contribution >= 0.6 is 12.2 Å². The number of benzene rings is 2. The maximum atomic E-state index is 5.44. The summed E-state index contributed by atoms with van der Waals surface area (Å²) in [5.74, 6) is 1.53. The highest BCUT2D eigenvalue weighted by molar-refractivity contribution is 7.71. The van der Waals surface area contributed by atoms with Gasteiger partial charge in [-0.25, -0.2) is 0 Å². The monoisotopic (exact) mass is 284 g/mol. The first-order valence-electron chi connectivity index (χ1n) is 6.34. The summed E-state index contributed by atoms with van der Waals surface area (Å²) in [5.41, 5.74) is 4.25. The molecule has 0 bridgehead atoms. The second-order valence-corrected chi connectivity index (χ2v) is 5.21. The Hall–Kier alpha value is -2.27. The summed E-state index contributed by atoms with van der Waals surface area (Å²) in [5, 5.41) is 0. The van der Waals surface area contributed by atoms with Gasteiger partial charge in [-0.2, -0.15) is 0 Å². The molecule has 2 heterocycles. The predicted octanol–water partition coefficient (Wildman–Crippen LogP) is 3.73. The molecule has 0 aliphatic carbocycles. The highest BCUT2D eigenvalue weighted by atomic mass is 32.1. The van der Waals surface area contributed by atoms with E-state index < -0.39 is 0 Å². The molecule has 0 spiro atoms. The third-order valence-corrected chi connectivity index (χ3v) is 3.74. The van der Waals surface area contributed by atoms with Crippen molar-refractivity contribution in [2.45, 2.75) is 6.92 Å². The zero-order chi connectivity index (χ0) is 13.7. The number of aryl methyl sites for hydroxylation is 1. The molecule has 0 saturated carbocycles. The van der Waals surface area contributed by atoms with Gasteiger partial charge in [-0.1, -0.05) is 6.07 Å². The molecule has 4 nitrogen and oxygen atoms in total. The van der Waals surface area contributed by atoms with Crippen molar-refractivity contribution in [3.05, 3.63) is 46.7 Å². The number of aromatic nitrogens is 2. The zero-order valence-corrected chi connectivity index (χ0v) is 11.7. The van der Waals surface area contributed by atoms with Crippen molar-refractivity contribution < 1.29 is 9.47 Å². The fourth-order valence-corrected chi connectivity index (χ4v) is 2.81. The number of H-pyrrole nitrogens is 1. The van der Waals surface area contributed by atoms with E-state index in [0.717, 1.165) is 28.2 Å². The lowest BCUT2D eigenvalue weighted by Gasteiger charge is -2.06. The maximum Gasteiger partial charge on any atom is 0.231 e. The molecule has 4 rings (SSSR count). The Morgan fingerprint density at radius 3 is 2.85 bits per heavy atom. The molecule has 0 fully saturated rings. The van der Waals surface area contributed by atoms with Gasteiger partial charge in [-0.3, -0.25) is 4.57 Å². The van der Waals surface area contributed by atoms with E-state index in [1.165, 1.54) is 5.56 Å². The molecule has 1 aliphatic heterocycles. The number of fused-ring (bicyclic) bond motifs is 2. The molecule has 1 aromatic heterocycles. The van der Waals surface area contributed by atoms with Crippen LogP contribution in [0.25, 0.3) is 16.7 Å². The van der Waals surface area contributed by atoms with Crippen LogP contribution in [-0.2, 0) is 0 Å². The van der Waals surface area contributed by atoms with Crippen molar-refractivity contribution in [1.82, 2.24) is 9.55 Å². The second kappa shape index (κ2) is 4.11. The van der Waals surface area contributed by atoms with Gasteiger partial charge in [0.05, 0.1) is 16.7 Å². The van der Waals surface area contributed by atoms with E-state index in [-0.39, 0.29) is 6.79 Å². The Balaban J connectivity index is 2.00. The molecule has 20 heavy (non-hydrogen) atoms. The highest BCUT2D eigenvalue weighted by Crippen LogP contribution is 2.34. The zero-order valence-electron chi connectivity index (χ0n) is 10.8. The summed E-state index contributed by atoms with van der Waals surface area (Å²) in [6, 6.07) is 12.1. The van der Waals surface area contributed by atoms with E-state index in [9.17, 15) is 0 Å². The van der Waals surface area contributed by atoms with Crippen molar-refractivity contribution >= 4 is 23.3 Å². The number of hydrogen-bond donors (Lipinski definition) is 1. The van der Waals surface area contributed by atoms with Crippen molar-refractivity contribution in [3.63, 3.8) is 0 Å². The minimum absolute atomic E-state index is 0.275. The first-order valence-corrected chi connectivity index (χ1v) is 6.74. The van der Waals surface area contributed by atoms with Crippen LogP contribution in [-0.4, -0.2) is 16.3 Å². The molecule has 5 heteroatoms. The number of ether oxygens (including phenoxy) is 2. The number of nitrogens with one attached hydrogen (secondary N) is 1. The summed E-state index contributed by atoms with van der Waals surface area (Å²) in [6.45, 7) is 2.34. The van der Waals surface area contributed by atoms with Gasteiger partial charge < -0.3 is 14.5 Å². The summed E-state index contributed by atoms with van der Waals surface area (Å²) >= 11 is 5.44. The molecule has 0 amide bonds. The van der Waals surface area contributed by atoms with Gasteiger partial charge in [0.25, 0.3) is 0 Å². The van der Waals surface area contributed by atoms with Crippen LogP contribution in [0, 0.1) is 11.7 Å². The average Bonchev–Trinajstić information content (AvgIpc) is 3.00. The van der Waals surface area contributed by atoms with Crippen molar-refractivity contribution in [2.75, 3.05) is 6.79 Å². The normalized spacial score (nSPS) is 13.1. The lowest BCUT2D eigenvalue weighted by Crippen LogP contribution is -1.94. The smallest absolute Gasteiger partial charge is 0.231 e. The first kappa shape index (κ1) is 11.5. The Kier molecular flexibility index (Phi) is 2.37. The standard InChI is InChI=1S/C15H12N2O2S/c1-9-2-4-11-12(6-9)17(15(20)16-11)10-3-5-13-14(7-10)19-8-18-13/h2-7H,8H2,1H3,(H,16,20). The lowest BCUT2D eigenvalue weighted by atomic mass is 10.2. The number of rotatable bonds is 1. The van der Waals surface area contributed by atoms with Crippen LogP contribution < -0.4 is 9.47 Å². The topological polar surface area (TPSA) is 39.2 Å². The summed E-state index contributed by atoms with van der Waals surface area (Å²) in [6.07, 6.45) is 0. The molecule has 2 aromatic carbocycles. The molecule has 0 atom stereocenters. The van der Waals surface area contributed by atoms with E-state index in [1.807, 2.05) is 28.8 Å². The summed E-state index contributed by atoms with van der Waals surface area (Å²) in [4.78, 5) is 3.23. The Bertz CT molecular complexity index is 879. The van der Waals surface area contributed by atoms with Crippen LogP contribution in [0.4, 0.5) is 0 Å². The number of nitrogens with zero attached hydrogens (tertiary/aromatic N) is 1. The Labute approximate surface area is 120 Å². The van der Waals surface area contributed by atoms with E-state index >= 15 is 0 Å². The third kappa shape index (κ3) is 1.63. The van der Waals surface area contributed by atoms with Gasteiger partial charge in [-0.15, -0.1) is 0 Å². The maximum absolute atomic E-state index is 5.44. The van der Waals surface area contributed by atoms with Crippen molar-refractivity contribution in [2.24, 2.45) is 0 Å². The highest BCUT2D eigenvalue weighted by Gasteiger charge is 2.15. The van der Waals surface area contributed by atoms with Crippen LogP contribution in [0.5, 0.6) is 11.5 Å². The minimum Gasteiger partial charge on any atom is -0.454 e. The van der Waals surface area contributed by atoms with Crippen molar-refractivity contribution in [1.29, 1.82) is 0 Å².